The number of rotatable bonds is 72. The number of aliphatic hydroxyl groups excluding tert-OH is 1. The van der Waals surface area contributed by atoms with Gasteiger partial charge in [-0.05, 0) is 43.4 Å². The third kappa shape index (κ3) is 68.4. The molecule has 0 aliphatic carbocycles. The molecule has 0 fully saturated rings. The Morgan fingerprint density at radius 3 is 0.731 bits per heavy atom. The van der Waals surface area contributed by atoms with Gasteiger partial charge < -0.3 is 33.8 Å². The Bertz CT molecular complexity index is 1820. The molecular weight excluding hydrogens is 1220 g/mol. The molecule has 0 amide bonds. The maximum atomic E-state index is 13.1. The summed E-state index contributed by atoms with van der Waals surface area (Å²) in [6, 6.07) is 0. The standard InChI is InChI=1S/C74H144O17P2/c1-8-9-10-11-31-41-48-55-71(76)84-61-69(90-74(79)58-51-44-37-30-24-23-27-34-40-47-54-67(6)7)63-88-92(80,81)86-59-68(75)60-87-93(82,83)89-64-70(62-85-72(77)56-49-42-35-28-21-18-14-16-20-26-33-39-46-53-66(4)5)91-73(78)57-50-43-36-29-22-17-13-12-15-19-25-32-38-45-52-65(2)3/h65-70,75H,8-64H2,1-7H3,(H,80,81)(H,82,83)/t68-,69+,70+/m0/s1. The van der Waals surface area contributed by atoms with Crippen molar-refractivity contribution < 1.29 is 80.2 Å². The minimum absolute atomic E-state index is 0.105. The predicted octanol–water partition coefficient (Wildman–Crippen LogP) is 21.4. The fraction of sp³-hybridized carbons (Fsp3) is 0.946. The second kappa shape index (κ2) is 64.7. The zero-order valence-corrected chi connectivity index (χ0v) is 62.5. The predicted molar refractivity (Wildman–Crippen MR) is 377 cm³/mol. The minimum Gasteiger partial charge on any atom is -0.462 e. The summed E-state index contributed by atoms with van der Waals surface area (Å²) in [4.78, 5) is 72.6. The topological polar surface area (TPSA) is 237 Å². The van der Waals surface area contributed by atoms with Crippen molar-refractivity contribution in [3.63, 3.8) is 0 Å². The van der Waals surface area contributed by atoms with Crippen LogP contribution < -0.4 is 0 Å². The molecule has 17 nitrogen and oxygen atoms in total. The van der Waals surface area contributed by atoms with E-state index in [-0.39, 0.29) is 25.7 Å². The molecule has 19 heteroatoms. The SMILES string of the molecule is CCCCCCCCCC(=O)OC[C@H](COP(=O)(O)OC[C@H](O)COP(=O)(O)OC[C@@H](COC(=O)CCCCCCCCCCCCCCCC(C)C)OC(=O)CCCCCCCCCCCCCCCCC(C)C)OC(=O)CCCCCCCCCCCCC(C)C. The molecule has 0 aliphatic heterocycles. The van der Waals surface area contributed by atoms with E-state index in [1.165, 1.54) is 173 Å². The summed E-state index contributed by atoms with van der Waals surface area (Å²) in [5.41, 5.74) is 0. The second-order valence-electron chi connectivity index (χ2n) is 28.1. The van der Waals surface area contributed by atoms with Gasteiger partial charge in [-0.1, -0.05) is 325 Å². The second-order valence-corrected chi connectivity index (χ2v) is 31.0. The van der Waals surface area contributed by atoms with Crippen LogP contribution >= 0.6 is 15.6 Å². The number of hydrogen-bond acceptors (Lipinski definition) is 15. The third-order valence-corrected chi connectivity index (χ3v) is 19.0. The first-order valence-corrected chi connectivity index (χ1v) is 41.3. The van der Waals surface area contributed by atoms with E-state index in [0.717, 1.165) is 120 Å². The summed E-state index contributed by atoms with van der Waals surface area (Å²) in [6.07, 6.45) is 50.0. The minimum atomic E-state index is -4.96. The number of hydrogen-bond donors (Lipinski definition) is 3. The number of carbonyl (C=O) groups excluding carboxylic acids is 4. The van der Waals surface area contributed by atoms with Gasteiger partial charge >= 0.3 is 39.5 Å². The molecule has 0 saturated carbocycles. The van der Waals surface area contributed by atoms with Gasteiger partial charge in [-0.15, -0.1) is 0 Å². The first-order valence-electron chi connectivity index (χ1n) is 38.3. The Labute approximate surface area is 568 Å². The van der Waals surface area contributed by atoms with Crippen LogP contribution in [0.2, 0.25) is 0 Å². The van der Waals surface area contributed by atoms with Crippen LogP contribution in [0.4, 0.5) is 0 Å². The lowest BCUT2D eigenvalue weighted by atomic mass is 10.0. The summed E-state index contributed by atoms with van der Waals surface area (Å²) < 4.78 is 68.4. The van der Waals surface area contributed by atoms with E-state index < -0.39 is 97.5 Å². The molecule has 5 atom stereocenters. The van der Waals surface area contributed by atoms with E-state index in [1.807, 2.05) is 0 Å². The lowest BCUT2D eigenvalue weighted by molar-refractivity contribution is -0.161. The molecule has 0 aromatic carbocycles. The largest absolute Gasteiger partial charge is 0.472 e. The number of phosphoric acid groups is 2. The quantitative estimate of drug-likeness (QED) is 0.0222. The average molecular weight is 1370 g/mol. The molecule has 0 spiro atoms. The molecule has 552 valence electrons. The lowest BCUT2D eigenvalue weighted by Crippen LogP contribution is -2.30. The zero-order chi connectivity index (χ0) is 68.7. The fourth-order valence-electron chi connectivity index (χ4n) is 11.2. The molecule has 0 radical (unpaired) electrons. The number of carbonyl (C=O) groups is 4. The molecule has 0 aromatic rings. The van der Waals surface area contributed by atoms with Gasteiger partial charge in [0.2, 0.25) is 0 Å². The molecule has 0 bridgehead atoms. The van der Waals surface area contributed by atoms with Crippen LogP contribution in [-0.2, 0) is 65.4 Å². The zero-order valence-electron chi connectivity index (χ0n) is 60.7. The van der Waals surface area contributed by atoms with Crippen LogP contribution in [0.1, 0.15) is 376 Å². The summed E-state index contributed by atoms with van der Waals surface area (Å²) >= 11 is 0. The average Bonchev–Trinajstić information content (AvgIpc) is 3.14. The summed E-state index contributed by atoms with van der Waals surface area (Å²) in [6.45, 7) is 11.9. The molecular formula is C74H144O17P2. The van der Waals surface area contributed by atoms with Crippen molar-refractivity contribution in [3.05, 3.63) is 0 Å². The molecule has 3 N–H and O–H groups in total. The first-order chi connectivity index (χ1) is 44.7. The Kier molecular flexibility index (Phi) is 63.4. The van der Waals surface area contributed by atoms with E-state index in [1.54, 1.807) is 0 Å². The van der Waals surface area contributed by atoms with Gasteiger partial charge in [0, 0.05) is 25.7 Å². The van der Waals surface area contributed by atoms with Crippen molar-refractivity contribution in [2.45, 2.75) is 394 Å². The van der Waals surface area contributed by atoms with Crippen LogP contribution in [0.3, 0.4) is 0 Å². The smallest absolute Gasteiger partial charge is 0.462 e. The molecule has 0 aliphatic rings. The number of ether oxygens (including phenoxy) is 4. The van der Waals surface area contributed by atoms with Crippen LogP contribution in [-0.4, -0.2) is 96.7 Å². The van der Waals surface area contributed by atoms with Gasteiger partial charge in [0.1, 0.15) is 19.3 Å². The highest BCUT2D eigenvalue weighted by atomic mass is 31.2. The van der Waals surface area contributed by atoms with Gasteiger partial charge in [-0.2, -0.15) is 0 Å². The maximum Gasteiger partial charge on any atom is 0.472 e. The van der Waals surface area contributed by atoms with Gasteiger partial charge in [0.25, 0.3) is 0 Å². The maximum absolute atomic E-state index is 13.1. The summed E-state index contributed by atoms with van der Waals surface area (Å²) in [5, 5.41) is 10.6. The summed E-state index contributed by atoms with van der Waals surface area (Å²) in [5.74, 6) is 0.214. The van der Waals surface area contributed by atoms with Crippen LogP contribution in [0.15, 0.2) is 0 Å². The third-order valence-electron chi connectivity index (χ3n) is 17.1. The Morgan fingerprint density at radius 1 is 0.290 bits per heavy atom. The van der Waals surface area contributed by atoms with Crippen molar-refractivity contribution in [3.8, 4) is 0 Å². The first kappa shape index (κ1) is 91.1. The number of aliphatic hydroxyl groups is 1. The molecule has 0 rings (SSSR count). The fourth-order valence-corrected chi connectivity index (χ4v) is 12.8. The highest BCUT2D eigenvalue weighted by Crippen LogP contribution is 2.45. The van der Waals surface area contributed by atoms with Crippen LogP contribution in [0.5, 0.6) is 0 Å². The highest BCUT2D eigenvalue weighted by Gasteiger charge is 2.30. The number of unbranched alkanes of at least 4 members (excludes halogenated alkanes) is 40. The lowest BCUT2D eigenvalue weighted by Gasteiger charge is -2.21. The number of phosphoric ester groups is 2. The number of esters is 4. The van der Waals surface area contributed by atoms with E-state index in [2.05, 4.69) is 48.5 Å². The molecule has 93 heavy (non-hydrogen) atoms. The van der Waals surface area contributed by atoms with Crippen molar-refractivity contribution in [2.75, 3.05) is 39.6 Å². The molecule has 2 unspecified atom stereocenters. The van der Waals surface area contributed by atoms with E-state index in [9.17, 15) is 43.2 Å². The van der Waals surface area contributed by atoms with Crippen LogP contribution in [0, 0.1) is 17.8 Å². The monoisotopic (exact) mass is 1370 g/mol. The molecule has 0 saturated heterocycles. The Balaban J connectivity index is 5.21. The normalized spacial score (nSPS) is 14.1. The van der Waals surface area contributed by atoms with Crippen molar-refractivity contribution in [1.29, 1.82) is 0 Å². The van der Waals surface area contributed by atoms with Crippen molar-refractivity contribution in [1.82, 2.24) is 0 Å². The van der Waals surface area contributed by atoms with E-state index in [0.29, 0.717) is 25.7 Å². The Morgan fingerprint density at radius 2 is 0.495 bits per heavy atom. The van der Waals surface area contributed by atoms with Gasteiger partial charge in [-0.25, -0.2) is 9.13 Å². The van der Waals surface area contributed by atoms with E-state index in [4.69, 9.17) is 37.0 Å². The summed E-state index contributed by atoms with van der Waals surface area (Å²) in [7, 11) is -9.90. The van der Waals surface area contributed by atoms with Gasteiger partial charge in [0.05, 0.1) is 26.4 Å². The molecule has 0 heterocycles. The van der Waals surface area contributed by atoms with Crippen molar-refractivity contribution >= 4 is 39.5 Å². The molecule has 0 aromatic heterocycles. The van der Waals surface area contributed by atoms with Crippen molar-refractivity contribution in [2.24, 2.45) is 17.8 Å². The Hall–Kier alpha value is -1.94. The highest BCUT2D eigenvalue weighted by molar-refractivity contribution is 7.47. The van der Waals surface area contributed by atoms with Crippen LogP contribution in [0.25, 0.3) is 0 Å². The van der Waals surface area contributed by atoms with Gasteiger partial charge in [-0.3, -0.25) is 37.3 Å². The van der Waals surface area contributed by atoms with E-state index >= 15 is 0 Å². The van der Waals surface area contributed by atoms with Gasteiger partial charge in [0.15, 0.2) is 12.2 Å².